The monoisotopic (exact) mass is 489 g/mol. The normalized spacial score (nSPS) is 11.2. The minimum Gasteiger partial charge on any atom is -0.493 e. The van der Waals surface area contributed by atoms with E-state index < -0.39 is 5.91 Å². The molecule has 6 nitrogen and oxygen atoms in total. The van der Waals surface area contributed by atoms with Gasteiger partial charge in [0.1, 0.15) is 18.2 Å². The first-order chi connectivity index (χ1) is 16.5. The van der Waals surface area contributed by atoms with Crippen LogP contribution in [-0.4, -0.2) is 18.0 Å². The van der Waals surface area contributed by atoms with Gasteiger partial charge >= 0.3 is 0 Å². The molecule has 0 aliphatic heterocycles. The molecule has 170 valence electrons. The molecule has 1 heterocycles. The molecule has 34 heavy (non-hydrogen) atoms. The van der Waals surface area contributed by atoms with Crippen LogP contribution in [0.25, 0.3) is 16.3 Å². The zero-order valence-corrected chi connectivity index (χ0v) is 20.0. The maximum atomic E-state index is 12.7. The second-order valence-electron chi connectivity index (χ2n) is 7.42. The van der Waals surface area contributed by atoms with Crippen LogP contribution in [0, 0.1) is 18.3 Å². The number of hydrogen-bond donors (Lipinski definition) is 1. The van der Waals surface area contributed by atoms with E-state index in [-0.39, 0.29) is 5.57 Å². The largest absolute Gasteiger partial charge is 0.493 e. The average Bonchev–Trinajstić information content (AvgIpc) is 3.24. The van der Waals surface area contributed by atoms with Gasteiger partial charge < -0.3 is 9.47 Å². The molecule has 1 amide bonds. The topological polar surface area (TPSA) is 84.2 Å². The Hall–Kier alpha value is -3.86. The van der Waals surface area contributed by atoms with Crippen LogP contribution in [0.5, 0.6) is 11.5 Å². The molecular formula is C26H20ClN3O3S. The molecule has 0 saturated carbocycles. The number of nitriles is 1. The van der Waals surface area contributed by atoms with Gasteiger partial charge in [-0.05, 0) is 48.4 Å². The first-order valence-corrected chi connectivity index (χ1v) is 11.5. The number of fused-ring (bicyclic) bond motifs is 1. The van der Waals surface area contributed by atoms with Crippen molar-refractivity contribution in [3.8, 4) is 17.6 Å². The smallest absolute Gasteiger partial charge is 0.268 e. The van der Waals surface area contributed by atoms with Gasteiger partial charge in [-0.25, -0.2) is 4.98 Å². The van der Waals surface area contributed by atoms with Crippen LogP contribution in [0.4, 0.5) is 5.13 Å². The Morgan fingerprint density at radius 1 is 1.21 bits per heavy atom. The number of carbonyl (C=O) groups excluding carboxylic acids is 1. The van der Waals surface area contributed by atoms with E-state index in [1.54, 1.807) is 12.1 Å². The lowest BCUT2D eigenvalue weighted by molar-refractivity contribution is -0.112. The summed E-state index contributed by atoms with van der Waals surface area (Å²) in [5, 5.41) is 13.0. The number of halogens is 1. The van der Waals surface area contributed by atoms with Gasteiger partial charge in [0.25, 0.3) is 5.91 Å². The third-order valence-corrected chi connectivity index (χ3v) is 6.18. The Bertz CT molecular complexity index is 1390. The van der Waals surface area contributed by atoms with E-state index in [2.05, 4.69) is 10.3 Å². The van der Waals surface area contributed by atoms with Gasteiger partial charge in [0.15, 0.2) is 16.6 Å². The fourth-order valence-electron chi connectivity index (χ4n) is 3.21. The quantitative estimate of drug-likeness (QED) is 0.240. The van der Waals surface area contributed by atoms with Crippen LogP contribution in [0.15, 0.2) is 66.2 Å². The Labute approximate surface area is 206 Å². The molecule has 0 radical (unpaired) electrons. The molecule has 0 fully saturated rings. The van der Waals surface area contributed by atoms with Gasteiger partial charge in [-0.1, -0.05) is 64.9 Å². The van der Waals surface area contributed by atoms with E-state index in [0.29, 0.717) is 33.8 Å². The molecule has 0 spiro atoms. The summed E-state index contributed by atoms with van der Waals surface area (Å²) in [5.41, 5.74) is 3.37. The van der Waals surface area contributed by atoms with Crippen molar-refractivity contribution in [3.63, 3.8) is 0 Å². The van der Waals surface area contributed by atoms with Crippen LogP contribution in [0.3, 0.4) is 0 Å². The van der Waals surface area contributed by atoms with Gasteiger partial charge in [0.2, 0.25) is 0 Å². The van der Waals surface area contributed by atoms with Crippen LogP contribution in [0.1, 0.15) is 16.7 Å². The first-order valence-electron chi connectivity index (χ1n) is 10.3. The van der Waals surface area contributed by atoms with Crippen molar-refractivity contribution in [2.45, 2.75) is 13.5 Å². The Balaban J connectivity index is 1.53. The van der Waals surface area contributed by atoms with Crippen molar-refractivity contribution in [1.82, 2.24) is 4.98 Å². The summed E-state index contributed by atoms with van der Waals surface area (Å²) < 4.78 is 12.3. The second kappa shape index (κ2) is 10.4. The summed E-state index contributed by atoms with van der Waals surface area (Å²) >= 11 is 7.80. The summed E-state index contributed by atoms with van der Waals surface area (Å²) in [6.07, 6.45) is 1.45. The van der Waals surface area contributed by atoms with Crippen molar-refractivity contribution in [2.75, 3.05) is 12.4 Å². The van der Waals surface area contributed by atoms with E-state index in [9.17, 15) is 10.1 Å². The molecular weight excluding hydrogens is 470 g/mol. The van der Waals surface area contributed by atoms with E-state index in [1.165, 1.54) is 24.5 Å². The van der Waals surface area contributed by atoms with Crippen LogP contribution >= 0.6 is 22.9 Å². The molecule has 1 N–H and O–H groups in total. The van der Waals surface area contributed by atoms with Gasteiger partial charge in [0.05, 0.1) is 22.3 Å². The Morgan fingerprint density at radius 3 is 2.68 bits per heavy atom. The molecule has 0 aliphatic rings. The molecule has 3 aromatic carbocycles. The predicted molar refractivity (Wildman–Crippen MR) is 135 cm³/mol. The molecule has 4 rings (SSSR count). The molecule has 0 bridgehead atoms. The summed E-state index contributed by atoms with van der Waals surface area (Å²) in [4.78, 5) is 17.1. The summed E-state index contributed by atoms with van der Waals surface area (Å²) in [7, 11) is 1.50. The fourth-order valence-corrected chi connectivity index (χ4v) is 4.34. The predicted octanol–water partition coefficient (Wildman–Crippen LogP) is 6.39. The van der Waals surface area contributed by atoms with Crippen molar-refractivity contribution in [3.05, 3.63) is 87.9 Å². The average molecular weight is 490 g/mol. The third kappa shape index (κ3) is 5.37. The number of aromatic nitrogens is 1. The van der Waals surface area contributed by atoms with Crippen molar-refractivity contribution in [1.29, 1.82) is 5.26 Å². The van der Waals surface area contributed by atoms with Gasteiger partial charge in [-0.2, -0.15) is 5.26 Å². The number of anilines is 1. The lowest BCUT2D eigenvalue weighted by Crippen LogP contribution is -2.13. The van der Waals surface area contributed by atoms with E-state index in [4.69, 9.17) is 21.1 Å². The Kier molecular flexibility index (Phi) is 7.12. The van der Waals surface area contributed by atoms with E-state index in [1.807, 2.05) is 61.5 Å². The van der Waals surface area contributed by atoms with Crippen molar-refractivity contribution in [2.24, 2.45) is 0 Å². The van der Waals surface area contributed by atoms with E-state index in [0.717, 1.165) is 21.3 Å². The maximum Gasteiger partial charge on any atom is 0.268 e. The minimum atomic E-state index is -0.559. The molecule has 1 aromatic heterocycles. The number of aryl methyl sites for hydroxylation is 1. The molecule has 4 aromatic rings. The first kappa shape index (κ1) is 23.3. The lowest BCUT2D eigenvalue weighted by Gasteiger charge is -2.14. The van der Waals surface area contributed by atoms with Gasteiger partial charge in [0, 0.05) is 0 Å². The number of nitrogens with zero attached hydrogens (tertiary/aromatic N) is 2. The highest BCUT2D eigenvalue weighted by Gasteiger charge is 2.16. The summed E-state index contributed by atoms with van der Waals surface area (Å²) in [6.45, 7) is 2.34. The number of nitrogens with one attached hydrogen (secondary N) is 1. The lowest BCUT2D eigenvalue weighted by atomic mass is 10.1. The maximum absolute atomic E-state index is 12.7. The number of para-hydroxylation sites is 1. The fraction of sp³-hybridized carbons (Fsp3) is 0.115. The number of hydrogen-bond acceptors (Lipinski definition) is 6. The standard InChI is InChI=1S/C26H20ClN3O3S/c1-16-7-9-17(10-8-16)15-33-24-20(27)12-18(13-22(24)32-2)11-19(14-28)25(31)30-26-29-21-5-3-4-6-23(21)34-26/h3-13H,15H2,1-2H3,(H,29,30,31)/b19-11+. The highest BCUT2D eigenvalue weighted by atomic mass is 35.5. The highest BCUT2D eigenvalue weighted by molar-refractivity contribution is 7.22. The van der Waals surface area contributed by atoms with Crippen molar-refractivity contribution < 1.29 is 14.3 Å². The number of amides is 1. The van der Waals surface area contributed by atoms with Crippen LogP contribution in [-0.2, 0) is 11.4 Å². The van der Waals surface area contributed by atoms with E-state index >= 15 is 0 Å². The zero-order chi connectivity index (χ0) is 24.1. The molecule has 0 unspecified atom stereocenters. The van der Waals surface area contributed by atoms with Gasteiger partial charge in [-0.3, -0.25) is 10.1 Å². The molecule has 0 aliphatic carbocycles. The molecule has 0 saturated heterocycles. The molecule has 8 heteroatoms. The Morgan fingerprint density at radius 2 is 1.97 bits per heavy atom. The van der Waals surface area contributed by atoms with Crippen LogP contribution < -0.4 is 14.8 Å². The highest BCUT2D eigenvalue weighted by Crippen LogP contribution is 2.37. The van der Waals surface area contributed by atoms with Crippen molar-refractivity contribution >= 4 is 50.3 Å². The zero-order valence-electron chi connectivity index (χ0n) is 18.5. The summed E-state index contributed by atoms with van der Waals surface area (Å²) in [6, 6.07) is 20.8. The number of benzene rings is 3. The van der Waals surface area contributed by atoms with Crippen LogP contribution in [0.2, 0.25) is 5.02 Å². The minimum absolute atomic E-state index is 0.0919. The number of thiazole rings is 1. The number of methoxy groups -OCH3 is 1. The number of rotatable bonds is 7. The number of carbonyl (C=O) groups is 1. The number of ether oxygens (including phenoxy) is 2. The molecule has 0 atom stereocenters. The second-order valence-corrected chi connectivity index (χ2v) is 8.86. The summed E-state index contributed by atoms with van der Waals surface area (Å²) in [5.74, 6) is 0.227. The van der Waals surface area contributed by atoms with Gasteiger partial charge in [-0.15, -0.1) is 0 Å². The SMILES string of the molecule is COc1cc(/C=C(\C#N)C(=O)Nc2nc3ccccc3s2)cc(Cl)c1OCc1ccc(C)cc1. The third-order valence-electron chi connectivity index (χ3n) is 4.95.